The number of carboxylic acid groups (broad SMARTS) is 1. The van der Waals surface area contributed by atoms with E-state index in [-0.39, 0.29) is 23.1 Å². The molecule has 0 bridgehead atoms. The molecule has 0 unspecified atom stereocenters. The maximum absolute atomic E-state index is 13.0. The van der Waals surface area contributed by atoms with Gasteiger partial charge in [-0.1, -0.05) is 17.7 Å². The van der Waals surface area contributed by atoms with Gasteiger partial charge in [0.05, 0.1) is 16.1 Å². The van der Waals surface area contributed by atoms with E-state index in [4.69, 9.17) is 21.4 Å². The molecule has 0 atom stereocenters. The average molecular weight is 506 g/mol. The fourth-order valence-corrected chi connectivity index (χ4v) is 3.60. The van der Waals surface area contributed by atoms with Gasteiger partial charge in [-0.05, 0) is 54.5 Å². The summed E-state index contributed by atoms with van der Waals surface area (Å²) >= 11 is 6.33. The van der Waals surface area contributed by atoms with Gasteiger partial charge in [0.25, 0.3) is 0 Å². The van der Waals surface area contributed by atoms with E-state index in [1.165, 1.54) is 24.5 Å². The summed E-state index contributed by atoms with van der Waals surface area (Å²) in [6.45, 7) is 0.738. The van der Waals surface area contributed by atoms with Crippen LogP contribution in [0.2, 0.25) is 5.02 Å². The molecular weight excluding hydrogens is 487 g/mol. The Morgan fingerprint density at radius 3 is 2.77 bits per heavy atom. The topological polar surface area (TPSA) is 108 Å². The first-order valence-electron chi connectivity index (χ1n) is 10.4. The molecular formula is C23H19ClF3N5O3. The number of anilines is 3. The van der Waals surface area contributed by atoms with Crippen LogP contribution in [0.15, 0.2) is 54.4 Å². The lowest BCUT2D eigenvalue weighted by molar-refractivity contribution is -0.137. The third-order valence-corrected chi connectivity index (χ3v) is 5.32. The third kappa shape index (κ3) is 6.12. The Labute approximate surface area is 202 Å². The molecule has 0 spiro atoms. The summed E-state index contributed by atoms with van der Waals surface area (Å²) in [5.74, 6) is 1.23. The second-order valence-electron chi connectivity index (χ2n) is 7.52. The molecule has 1 aliphatic heterocycles. The minimum atomic E-state index is -4.49. The Morgan fingerprint density at radius 2 is 2.03 bits per heavy atom. The van der Waals surface area contributed by atoms with E-state index >= 15 is 0 Å². The van der Waals surface area contributed by atoms with Gasteiger partial charge in [-0.3, -0.25) is 0 Å². The van der Waals surface area contributed by atoms with Crippen molar-refractivity contribution in [3.63, 3.8) is 0 Å². The van der Waals surface area contributed by atoms with Crippen molar-refractivity contribution in [2.24, 2.45) is 0 Å². The predicted molar refractivity (Wildman–Crippen MR) is 125 cm³/mol. The third-order valence-electron chi connectivity index (χ3n) is 5.02. The van der Waals surface area contributed by atoms with E-state index in [0.29, 0.717) is 35.9 Å². The summed E-state index contributed by atoms with van der Waals surface area (Å²) in [5.41, 5.74) is 1.22. The Morgan fingerprint density at radius 1 is 1.20 bits per heavy atom. The number of benzene rings is 2. The minimum Gasteiger partial charge on any atom is -0.465 e. The Balaban J connectivity index is 1.55. The van der Waals surface area contributed by atoms with Gasteiger partial charge in [-0.25, -0.2) is 14.8 Å². The molecule has 0 fully saturated rings. The van der Waals surface area contributed by atoms with Gasteiger partial charge in [0.2, 0.25) is 0 Å². The van der Waals surface area contributed by atoms with Crippen LogP contribution in [-0.4, -0.2) is 34.3 Å². The maximum atomic E-state index is 13.0. The van der Waals surface area contributed by atoms with Gasteiger partial charge < -0.3 is 25.8 Å². The highest BCUT2D eigenvalue weighted by Crippen LogP contribution is 2.36. The largest absolute Gasteiger partial charge is 0.465 e. The molecule has 4 N–H and O–H groups in total. The molecule has 182 valence electrons. The molecule has 8 nitrogen and oxygen atoms in total. The number of amides is 1. The number of carbonyl (C=O) groups is 1. The molecule has 12 heteroatoms. The minimum absolute atomic E-state index is 0.00210. The van der Waals surface area contributed by atoms with Gasteiger partial charge in [-0.2, -0.15) is 13.2 Å². The number of rotatable bonds is 6. The second kappa shape index (κ2) is 10.1. The molecule has 1 aromatic heterocycles. The van der Waals surface area contributed by atoms with E-state index in [1.54, 1.807) is 12.1 Å². The number of nitrogens with one attached hydrogen (secondary N) is 3. The van der Waals surface area contributed by atoms with E-state index < -0.39 is 17.8 Å². The van der Waals surface area contributed by atoms with Crippen molar-refractivity contribution in [3.8, 4) is 11.5 Å². The summed E-state index contributed by atoms with van der Waals surface area (Å²) in [6.07, 6.45) is -1.79. The van der Waals surface area contributed by atoms with Crippen LogP contribution >= 0.6 is 11.6 Å². The summed E-state index contributed by atoms with van der Waals surface area (Å²) in [6, 6.07) is 9.24. The zero-order chi connectivity index (χ0) is 25.0. The summed E-state index contributed by atoms with van der Waals surface area (Å²) in [7, 11) is 0. The van der Waals surface area contributed by atoms with E-state index in [9.17, 15) is 18.0 Å². The molecule has 35 heavy (non-hydrogen) atoms. The van der Waals surface area contributed by atoms with E-state index in [0.717, 1.165) is 17.7 Å². The molecule has 2 heterocycles. The Kier molecular flexibility index (Phi) is 6.97. The number of ether oxygens (including phenoxy) is 1. The monoisotopic (exact) mass is 505 g/mol. The second-order valence-corrected chi connectivity index (χ2v) is 7.93. The number of fused-ring (bicyclic) bond motifs is 1. The fraction of sp³-hybridized carbons (Fsp3) is 0.174. The lowest BCUT2D eigenvalue weighted by Gasteiger charge is -2.14. The van der Waals surface area contributed by atoms with Crippen molar-refractivity contribution in [3.05, 3.63) is 70.5 Å². The van der Waals surface area contributed by atoms with Crippen LogP contribution in [0, 0.1) is 0 Å². The standard InChI is InChI=1S/C23H19ClF3N5O3/c24-18-10-15(4-5-19(18)35-16-3-1-2-14(9-16)23(25,26)27)32-21-17-8-13(11-29-22(33)34)6-7-28-20(17)30-12-31-21/h1-5,8-10,12,29H,6-7,11H2,(H,33,34)(H2,28,30,31,32). The lowest BCUT2D eigenvalue weighted by atomic mass is 10.1. The number of alkyl halides is 3. The van der Waals surface area contributed by atoms with Crippen molar-refractivity contribution in [2.75, 3.05) is 23.7 Å². The molecule has 0 aliphatic carbocycles. The van der Waals surface area contributed by atoms with Crippen molar-refractivity contribution in [1.82, 2.24) is 15.3 Å². The first kappa shape index (κ1) is 24.1. The first-order chi connectivity index (χ1) is 16.7. The molecule has 4 rings (SSSR count). The Bertz CT molecular complexity index is 1280. The van der Waals surface area contributed by atoms with Gasteiger partial charge in [0, 0.05) is 18.8 Å². The zero-order valence-corrected chi connectivity index (χ0v) is 18.7. The smallest absolute Gasteiger partial charge is 0.416 e. The quantitative estimate of drug-likeness (QED) is 0.318. The van der Waals surface area contributed by atoms with Crippen LogP contribution in [0.3, 0.4) is 0 Å². The Hall–Kier alpha value is -3.99. The number of aromatic nitrogens is 2. The molecule has 2 aromatic carbocycles. The number of halogens is 4. The highest BCUT2D eigenvalue weighted by molar-refractivity contribution is 6.32. The SMILES string of the molecule is O=C(O)NCC1=Cc2c(ncnc2Nc2ccc(Oc3cccc(C(F)(F)F)c3)c(Cl)c2)NCC1. The van der Waals surface area contributed by atoms with Gasteiger partial charge in [0.15, 0.2) is 0 Å². The molecule has 1 amide bonds. The van der Waals surface area contributed by atoms with Crippen LogP contribution in [-0.2, 0) is 6.18 Å². The van der Waals surface area contributed by atoms with E-state index in [1.807, 2.05) is 6.08 Å². The van der Waals surface area contributed by atoms with Crippen LogP contribution in [0.5, 0.6) is 11.5 Å². The van der Waals surface area contributed by atoms with Gasteiger partial charge in [-0.15, -0.1) is 0 Å². The van der Waals surface area contributed by atoms with Crippen LogP contribution < -0.4 is 20.7 Å². The zero-order valence-electron chi connectivity index (χ0n) is 18.0. The van der Waals surface area contributed by atoms with Crippen LogP contribution in [0.4, 0.5) is 35.3 Å². The van der Waals surface area contributed by atoms with Gasteiger partial charge >= 0.3 is 12.3 Å². The van der Waals surface area contributed by atoms with Crippen molar-refractivity contribution >= 4 is 41.1 Å². The van der Waals surface area contributed by atoms with Crippen molar-refractivity contribution < 1.29 is 27.8 Å². The molecule has 3 aromatic rings. The summed E-state index contributed by atoms with van der Waals surface area (Å²) in [4.78, 5) is 19.4. The predicted octanol–water partition coefficient (Wildman–Crippen LogP) is 6.15. The van der Waals surface area contributed by atoms with E-state index in [2.05, 4.69) is 25.9 Å². The maximum Gasteiger partial charge on any atom is 0.416 e. The van der Waals surface area contributed by atoms with Crippen molar-refractivity contribution in [2.45, 2.75) is 12.6 Å². The van der Waals surface area contributed by atoms with Crippen molar-refractivity contribution in [1.29, 1.82) is 0 Å². The normalized spacial score (nSPS) is 13.1. The van der Waals surface area contributed by atoms with Crippen LogP contribution in [0.25, 0.3) is 6.08 Å². The average Bonchev–Trinajstić information content (AvgIpc) is 3.02. The lowest BCUT2D eigenvalue weighted by Crippen LogP contribution is -2.23. The molecule has 1 aliphatic rings. The number of nitrogens with zero attached hydrogens (tertiary/aromatic N) is 2. The molecule has 0 saturated carbocycles. The highest BCUT2D eigenvalue weighted by atomic mass is 35.5. The number of hydrogen-bond acceptors (Lipinski definition) is 6. The highest BCUT2D eigenvalue weighted by Gasteiger charge is 2.30. The summed E-state index contributed by atoms with van der Waals surface area (Å²) in [5, 5.41) is 17.7. The first-order valence-corrected chi connectivity index (χ1v) is 10.7. The molecule has 0 saturated heterocycles. The summed E-state index contributed by atoms with van der Waals surface area (Å²) < 4.78 is 44.4. The number of hydrogen-bond donors (Lipinski definition) is 4. The fourth-order valence-electron chi connectivity index (χ4n) is 3.38. The van der Waals surface area contributed by atoms with Crippen LogP contribution in [0.1, 0.15) is 17.5 Å². The van der Waals surface area contributed by atoms with Gasteiger partial charge in [0.1, 0.15) is 29.5 Å². The molecule has 0 radical (unpaired) electrons.